The summed E-state index contributed by atoms with van der Waals surface area (Å²) in [5.74, 6) is -0.265. The molecule has 0 aromatic heterocycles. The first kappa shape index (κ1) is 15.2. The maximum Gasteiger partial charge on any atom is 0.224 e. The van der Waals surface area contributed by atoms with Crippen LogP contribution in [0.1, 0.15) is 30.0 Å². The lowest BCUT2D eigenvalue weighted by molar-refractivity contribution is -0.116. The van der Waals surface area contributed by atoms with E-state index in [-0.39, 0.29) is 11.7 Å². The normalized spacial score (nSPS) is 10.4. The summed E-state index contributed by atoms with van der Waals surface area (Å²) in [5, 5.41) is 3.00. The fraction of sp³-hybridized carbons (Fsp3) is 0.278. The van der Waals surface area contributed by atoms with Gasteiger partial charge in [-0.05, 0) is 48.6 Å². The number of hydrogen-bond acceptors (Lipinski definition) is 1. The second-order valence-corrected chi connectivity index (χ2v) is 5.14. The molecule has 0 bridgehead atoms. The smallest absolute Gasteiger partial charge is 0.224 e. The van der Waals surface area contributed by atoms with Crippen molar-refractivity contribution in [2.24, 2.45) is 0 Å². The Balaban J connectivity index is 1.97. The number of hydrogen-bond donors (Lipinski definition) is 1. The van der Waals surface area contributed by atoms with Crippen LogP contribution in [0.4, 0.5) is 10.1 Å². The zero-order chi connectivity index (χ0) is 15.2. The molecule has 2 aromatic carbocycles. The molecule has 0 heterocycles. The number of carbonyl (C=O) groups excluding carboxylic acids is 1. The lowest BCUT2D eigenvalue weighted by Crippen LogP contribution is -2.14. The van der Waals surface area contributed by atoms with E-state index in [0.29, 0.717) is 12.8 Å². The van der Waals surface area contributed by atoms with Crippen LogP contribution in [0.15, 0.2) is 42.5 Å². The lowest BCUT2D eigenvalue weighted by Gasteiger charge is -2.13. The molecule has 0 spiro atoms. The van der Waals surface area contributed by atoms with Crippen LogP contribution in [-0.2, 0) is 17.6 Å². The number of nitrogens with one attached hydrogen (secondary N) is 1. The second-order valence-electron chi connectivity index (χ2n) is 5.14. The van der Waals surface area contributed by atoms with Gasteiger partial charge in [-0.3, -0.25) is 4.79 Å². The topological polar surface area (TPSA) is 29.1 Å². The summed E-state index contributed by atoms with van der Waals surface area (Å²) in [6, 6.07) is 12.3. The van der Waals surface area contributed by atoms with Crippen LogP contribution in [0, 0.1) is 12.7 Å². The predicted octanol–water partition coefficient (Wildman–Crippen LogP) is 4.27. The zero-order valence-corrected chi connectivity index (χ0v) is 12.4. The van der Waals surface area contributed by atoms with E-state index in [4.69, 9.17) is 0 Å². The molecule has 0 atom stereocenters. The first-order chi connectivity index (χ1) is 10.1. The molecule has 0 saturated heterocycles. The Morgan fingerprint density at radius 2 is 1.86 bits per heavy atom. The molecule has 110 valence electrons. The molecular formula is C18H20FNO. The van der Waals surface area contributed by atoms with Gasteiger partial charge < -0.3 is 5.32 Å². The minimum atomic E-state index is -0.254. The van der Waals surface area contributed by atoms with Crippen molar-refractivity contribution < 1.29 is 9.18 Å². The minimum absolute atomic E-state index is 0.0108. The molecule has 2 rings (SSSR count). The largest absolute Gasteiger partial charge is 0.326 e. The van der Waals surface area contributed by atoms with E-state index in [1.54, 1.807) is 12.1 Å². The monoisotopic (exact) mass is 285 g/mol. The molecule has 1 N–H and O–H groups in total. The molecule has 2 aromatic rings. The highest BCUT2D eigenvalue weighted by molar-refractivity contribution is 5.92. The molecule has 0 aliphatic heterocycles. The van der Waals surface area contributed by atoms with Gasteiger partial charge in [0, 0.05) is 12.1 Å². The Morgan fingerprint density at radius 3 is 2.52 bits per heavy atom. The third-order valence-corrected chi connectivity index (χ3v) is 3.56. The van der Waals surface area contributed by atoms with Crippen LogP contribution in [0.3, 0.4) is 0 Å². The third kappa shape index (κ3) is 4.15. The summed E-state index contributed by atoms with van der Waals surface area (Å²) < 4.78 is 12.8. The number of rotatable bonds is 5. The van der Waals surface area contributed by atoms with Gasteiger partial charge >= 0.3 is 0 Å². The first-order valence-electron chi connectivity index (χ1n) is 7.23. The first-order valence-corrected chi connectivity index (χ1v) is 7.23. The Labute approximate surface area is 125 Å². The van der Waals surface area contributed by atoms with Crippen molar-refractivity contribution in [2.45, 2.75) is 33.1 Å². The highest BCUT2D eigenvalue weighted by Gasteiger charge is 2.08. The fourth-order valence-electron chi connectivity index (χ4n) is 2.31. The highest BCUT2D eigenvalue weighted by atomic mass is 19.1. The summed E-state index contributed by atoms with van der Waals surface area (Å²) in [4.78, 5) is 12.1. The van der Waals surface area contributed by atoms with E-state index in [2.05, 4.69) is 12.2 Å². The third-order valence-electron chi connectivity index (χ3n) is 3.56. The summed E-state index contributed by atoms with van der Waals surface area (Å²) >= 11 is 0. The van der Waals surface area contributed by atoms with E-state index in [1.807, 2.05) is 25.1 Å². The van der Waals surface area contributed by atoms with Gasteiger partial charge in [-0.15, -0.1) is 0 Å². The molecule has 2 nitrogen and oxygen atoms in total. The van der Waals surface area contributed by atoms with Crippen LogP contribution >= 0.6 is 0 Å². The minimum Gasteiger partial charge on any atom is -0.326 e. The van der Waals surface area contributed by atoms with Crippen molar-refractivity contribution in [1.29, 1.82) is 0 Å². The van der Waals surface area contributed by atoms with Crippen molar-refractivity contribution in [1.82, 2.24) is 0 Å². The van der Waals surface area contributed by atoms with Gasteiger partial charge in [0.25, 0.3) is 0 Å². The van der Waals surface area contributed by atoms with Crippen LogP contribution in [0.25, 0.3) is 0 Å². The fourth-order valence-corrected chi connectivity index (χ4v) is 2.31. The summed E-state index contributed by atoms with van der Waals surface area (Å²) in [6.07, 6.45) is 1.89. The Hall–Kier alpha value is -2.16. The van der Waals surface area contributed by atoms with E-state index in [0.717, 1.165) is 28.8 Å². The van der Waals surface area contributed by atoms with Crippen molar-refractivity contribution >= 4 is 11.6 Å². The van der Waals surface area contributed by atoms with Crippen molar-refractivity contribution in [3.8, 4) is 0 Å². The number of amides is 1. The predicted molar refractivity (Wildman–Crippen MR) is 83.9 cm³/mol. The van der Waals surface area contributed by atoms with Gasteiger partial charge in [-0.25, -0.2) is 4.39 Å². The SMILES string of the molecule is CCc1cccc(C)c1NC(=O)CCc1ccc(F)cc1. The van der Waals surface area contributed by atoms with Gasteiger partial charge in [0.05, 0.1) is 0 Å². The van der Waals surface area contributed by atoms with E-state index in [9.17, 15) is 9.18 Å². The molecule has 0 saturated carbocycles. The maximum absolute atomic E-state index is 12.8. The summed E-state index contributed by atoms with van der Waals surface area (Å²) in [6.45, 7) is 4.07. The molecular weight excluding hydrogens is 265 g/mol. The van der Waals surface area contributed by atoms with Gasteiger partial charge in [0.1, 0.15) is 5.82 Å². The van der Waals surface area contributed by atoms with Gasteiger partial charge in [0.2, 0.25) is 5.91 Å². The molecule has 21 heavy (non-hydrogen) atoms. The van der Waals surface area contributed by atoms with E-state index >= 15 is 0 Å². The van der Waals surface area contributed by atoms with Crippen LogP contribution in [-0.4, -0.2) is 5.91 Å². The van der Waals surface area contributed by atoms with Crippen LogP contribution < -0.4 is 5.32 Å². The molecule has 0 unspecified atom stereocenters. The van der Waals surface area contributed by atoms with Crippen LogP contribution in [0.5, 0.6) is 0 Å². The second kappa shape index (κ2) is 7.02. The van der Waals surface area contributed by atoms with E-state index < -0.39 is 0 Å². The number of carbonyl (C=O) groups is 1. The molecule has 0 fully saturated rings. The van der Waals surface area contributed by atoms with Gasteiger partial charge in [-0.2, -0.15) is 0 Å². The number of anilines is 1. The average molecular weight is 285 g/mol. The summed E-state index contributed by atoms with van der Waals surface area (Å²) in [7, 11) is 0. The molecule has 0 aliphatic rings. The standard InChI is InChI=1S/C18H20FNO/c1-3-15-6-4-5-13(2)18(15)20-17(21)12-9-14-7-10-16(19)11-8-14/h4-8,10-11H,3,9,12H2,1-2H3,(H,20,21). The van der Waals surface area contributed by atoms with Crippen molar-refractivity contribution in [3.63, 3.8) is 0 Å². The Kier molecular flexibility index (Phi) is 5.09. The number of aryl methyl sites for hydroxylation is 3. The number of benzene rings is 2. The number of para-hydroxylation sites is 1. The average Bonchev–Trinajstić information content (AvgIpc) is 2.49. The molecule has 1 amide bonds. The molecule has 3 heteroatoms. The highest BCUT2D eigenvalue weighted by Crippen LogP contribution is 2.21. The summed E-state index contributed by atoms with van der Waals surface area (Å²) in [5.41, 5.74) is 4.10. The zero-order valence-electron chi connectivity index (χ0n) is 12.4. The lowest BCUT2D eigenvalue weighted by atomic mass is 10.1. The Morgan fingerprint density at radius 1 is 1.14 bits per heavy atom. The molecule has 0 aliphatic carbocycles. The maximum atomic E-state index is 12.8. The van der Waals surface area contributed by atoms with E-state index in [1.165, 1.54) is 12.1 Å². The van der Waals surface area contributed by atoms with Crippen molar-refractivity contribution in [3.05, 3.63) is 65.0 Å². The van der Waals surface area contributed by atoms with Gasteiger partial charge in [-0.1, -0.05) is 37.3 Å². The Bertz CT molecular complexity index is 620. The van der Waals surface area contributed by atoms with Gasteiger partial charge in [0.15, 0.2) is 0 Å². The quantitative estimate of drug-likeness (QED) is 0.873. The van der Waals surface area contributed by atoms with Crippen molar-refractivity contribution in [2.75, 3.05) is 5.32 Å². The number of halogens is 1. The van der Waals surface area contributed by atoms with Crippen LogP contribution in [0.2, 0.25) is 0 Å². The molecule has 0 radical (unpaired) electrons.